The lowest BCUT2D eigenvalue weighted by Gasteiger charge is -2.36. The molecule has 6 heterocycles. The number of likely N-dealkylation sites (tertiary alicyclic amines) is 2. The van der Waals surface area contributed by atoms with Gasteiger partial charge in [-0.25, -0.2) is 8.42 Å². The van der Waals surface area contributed by atoms with Crippen LogP contribution in [0, 0.1) is 0 Å². The molecule has 0 saturated carbocycles. The maximum absolute atomic E-state index is 14.8. The van der Waals surface area contributed by atoms with E-state index in [1.54, 1.807) is 38.6 Å². The monoisotopic (exact) mass is 918 g/mol. The lowest BCUT2D eigenvalue weighted by atomic mass is 9.85. The molecule has 2 amide bonds. The third kappa shape index (κ3) is 9.19. The Bertz CT molecular complexity index is 2520. The molecule has 1 N–H and O–H groups in total. The summed E-state index contributed by atoms with van der Waals surface area (Å²) in [4.78, 5) is 31.2. The summed E-state index contributed by atoms with van der Waals surface area (Å²) in [7, 11) is -1.78. The van der Waals surface area contributed by atoms with E-state index in [-0.39, 0.29) is 80.2 Å². The Morgan fingerprint density at radius 2 is 1.41 bits per heavy atom. The van der Waals surface area contributed by atoms with Crippen molar-refractivity contribution in [3.8, 4) is 0 Å². The third-order valence-corrected chi connectivity index (χ3v) is 14.8. The number of fused-ring (bicyclic) bond motifs is 2. The Hall–Kier alpha value is -4.79. The molecule has 0 spiro atoms. The first-order valence-corrected chi connectivity index (χ1v) is 23.4. The number of rotatable bonds is 9. The lowest BCUT2D eigenvalue weighted by molar-refractivity contribution is -0.139. The zero-order valence-corrected chi connectivity index (χ0v) is 36.7. The quantitative estimate of drug-likeness (QED) is 0.202. The van der Waals surface area contributed by atoms with Gasteiger partial charge in [0, 0.05) is 70.9 Å². The standard InChI is InChI=1S/C44H52F6N8O5S/c1-27(59)56-21-15-34-38(25-56)58(52-40(34)42(61)55-17-11-29(12-18-55)31-6-4-5-7-35(31)43(45,46)47)23-10-28-8-9-32(36(24-28)44(48,49)50)30-13-19-54(20-14-30)41(60)39-33-16-22-57(64(3,62)63)26-37(33)53(2)51-39/h4-9,24,29-30,42,61H,10-23,25-26H2,1-3H3. The summed E-state index contributed by atoms with van der Waals surface area (Å²) in [5.74, 6) is -1.28. The highest BCUT2D eigenvalue weighted by atomic mass is 32.2. The zero-order valence-electron chi connectivity index (χ0n) is 35.9. The number of sulfonamides is 1. The van der Waals surface area contributed by atoms with Crippen molar-refractivity contribution in [2.24, 2.45) is 7.05 Å². The minimum Gasteiger partial charge on any atom is -0.372 e. The molecule has 8 rings (SSSR count). The predicted molar refractivity (Wildman–Crippen MR) is 222 cm³/mol. The molecule has 2 aromatic carbocycles. The van der Waals surface area contributed by atoms with Gasteiger partial charge in [-0.05, 0) is 85.6 Å². The SMILES string of the molecule is CC(=O)N1CCc2c(C(O)N3CCC(c4ccccc4C(F)(F)F)CC3)nn(CCc3ccc(C4CCN(C(=O)c5nn(C)c6c5CCN(S(C)(=O)=O)C6)CC4)c(C(F)(F)F)c3)c2C1. The fraction of sp³-hybridized carbons (Fsp3) is 0.545. The minimum atomic E-state index is -4.66. The molecule has 2 aromatic heterocycles. The summed E-state index contributed by atoms with van der Waals surface area (Å²) in [5.41, 5.74) is 2.81. The van der Waals surface area contributed by atoms with Crippen molar-refractivity contribution in [1.82, 2.24) is 38.6 Å². The van der Waals surface area contributed by atoms with Crippen molar-refractivity contribution in [1.29, 1.82) is 0 Å². The van der Waals surface area contributed by atoms with Crippen LogP contribution in [0.2, 0.25) is 0 Å². The molecule has 0 aliphatic carbocycles. The topological polar surface area (TPSA) is 137 Å². The Morgan fingerprint density at radius 1 is 0.781 bits per heavy atom. The second-order valence-electron chi connectivity index (χ2n) is 17.5. The van der Waals surface area contributed by atoms with Crippen molar-refractivity contribution in [3.05, 3.63) is 104 Å². The number of amides is 2. The summed E-state index contributed by atoms with van der Waals surface area (Å²) in [6.07, 6.45) is -6.88. The molecule has 13 nitrogen and oxygen atoms in total. The van der Waals surface area contributed by atoms with Crippen molar-refractivity contribution in [2.45, 2.75) is 102 Å². The number of benzene rings is 2. The van der Waals surface area contributed by atoms with Gasteiger partial charge in [-0.15, -0.1) is 0 Å². The first kappa shape index (κ1) is 45.8. The number of aryl methyl sites for hydroxylation is 3. The number of piperidine rings is 2. The van der Waals surface area contributed by atoms with Crippen LogP contribution in [0.15, 0.2) is 42.5 Å². The van der Waals surface area contributed by atoms with Crippen LogP contribution < -0.4 is 0 Å². The number of hydrogen-bond donors (Lipinski definition) is 1. The van der Waals surface area contributed by atoms with E-state index in [9.17, 15) is 49.5 Å². The highest BCUT2D eigenvalue weighted by Gasteiger charge is 2.40. The second kappa shape index (κ2) is 17.5. The molecule has 4 aliphatic rings. The van der Waals surface area contributed by atoms with Crippen LogP contribution in [-0.2, 0) is 73.1 Å². The first-order chi connectivity index (χ1) is 30.2. The fourth-order valence-electron chi connectivity index (χ4n) is 10.1. The van der Waals surface area contributed by atoms with E-state index < -0.39 is 45.6 Å². The van der Waals surface area contributed by atoms with Crippen LogP contribution in [0.3, 0.4) is 0 Å². The molecular weight excluding hydrogens is 867 g/mol. The summed E-state index contributed by atoms with van der Waals surface area (Å²) in [6, 6.07) is 9.93. The maximum atomic E-state index is 14.8. The van der Waals surface area contributed by atoms with E-state index in [0.717, 1.165) is 17.9 Å². The highest BCUT2D eigenvalue weighted by Crippen LogP contribution is 2.42. The Labute approximate surface area is 367 Å². The van der Waals surface area contributed by atoms with Crippen molar-refractivity contribution in [2.75, 3.05) is 45.5 Å². The summed E-state index contributed by atoms with van der Waals surface area (Å²) in [6.45, 7) is 3.64. The van der Waals surface area contributed by atoms with Gasteiger partial charge < -0.3 is 14.9 Å². The number of alkyl halides is 6. The van der Waals surface area contributed by atoms with Crippen LogP contribution in [0.1, 0.15) is 117 Å². The van der Waals surface area contributed by atoms with Gasteiger partial charge in [-0.3, -0.25) is 23.9 Å². The van der Waals surface area contributed by atoms with Gasteiger partial charge in [-0.2, -0.15) is 40.8 Å². The molecule has 2 saturated heterocycles. The Kier molecular flexibility index (Phi) is 12.5. The molecule has 4 aromatic rings. The predicted octanol–water partition coefficient (Wildman–Crippen LogP) is 6.01. The van der Waals surface area contributed by atoms with Crippen LogP contribution >= 0.6 is 0 Å². The van der Waals surface area contributed by atoms with Crippen LogP contribution in [0.5, 0.6) is 0 Å². The zero-order chi connectivity index (χ0) is 45.9. The molecule has 1 atom stereocenters. The molecule has 0 radical (unpaired) electrons. The number of aliphatic hydroxyl groups excluding tert-OH is 1. The summed E-state index contributed by atoms with van der Waals surface area (Å²) >= 11 is 0. The van der Waals surface area contributed by atoms with E-state index in [1.165, 1.54) is 40.2 Å². The molecule has 64 heavy (non-hydrogen) atoms. The largest absolute Gasteiger partial charge is 0.416 e. The normalized spacial score (nSPS) is 19.2. The minimum absolute atomic E-state index is 0.104. The average Bonchev–Trinajstić information content (AvgIpc) is 3.80. The van der Waals surface area contributed by atoms with E-state index >= 15 is 0 Å². The number of carbonyl (C=O) groups excluding carboxylic acids is 2. The van der Waals surface area contributed by atoms with Crippen molar-refractivity contribution < 1.29 is 49.5 Å². The number of hydrogen-bond acceptors (Lipinski definition) is 8. The van der Waals surface area contributed by atoms with Gasteiger partial charge in [0.05, 0.1) is 41.9 Å². The number of halogens is 6. The number of aliphatic hydroxyl groups is 1. The van der Waals surface area contributed by atoms with Crippen molar-refractivity contribution in [3.63, 3.8) is 0 Å². The third-order valence-electron chi connectivity index (χ3n) is 13.6. The van der Waals surface area contributed by atoms with Crippen molar-refractivity contribution >= 4 is 21.8 Å². The average molecular weight is 919 g/mol. The number of nitrogens with zero attached hydrogens (tertiary/aromatic N) is 8. The second-order valence-corrected chi connectivity index (χ2v) is 19.5. The van der Waals surface area contributed by atoms with E-state index in [4.69, 9.17) is 5.10 Å². The summed E-state index contributed by atoms with van der Waals surface area (Å²) < 4.78 is 115. The fourth-order valence-corrected chi connectivity index (χ4v) is 10.8. The maximum Gasteiger partial charge on any atom is 0.416 e. The van der Waals surface area contributed by atoms with E-state index in [1.807, 2.05) is 0 Å². The van der Waals surface area contributed by atoms with Crippen LogP contribution in [-0.4, -0.2) is 109 Å². The lowest BCUT2D eigenvalue weighted by Crippen LogP contribution is -2.39. The first-order valence-electron chi connectivity index (χ1n) is 21.6. The smallest absolute Gasteiger partial charge is 0.372 e. The molecule has 20 heteroatoms. The number of aromatic nitrogens is 4. The van der Waals surface area contributed by atoms with Gasteiger partial charge in [0.1, 0.15) is 5.69 Å². The van der Waals surface area contributed by atoms with Gasteiger partial charge in [0.25, 0.3) is 5.91 Å². The van der Waals surface area contributed by atoms with Gasteiger partial charge in [-0.1, -0.05) is 30.3 Å². The number of carbonyl (C=O) groups is 2. The van der Waals surface area contributed by atoms with Crippen LogP contribution in [0.4, 0.5) is 26.3 Å². The van der Waals surface area contributed by atoms with E-state index in [2.05, 4.69) is 5.10 Å². The molecule has 0 bridgehead atoms. The van der Waals surface area contributed by atoms with E-state index in [0.29, 0.717) is 86.4 Å². The van der Waals surface area contributed by atoms with Gasteiger partial charge in [0.2, 0.25) is 15.9 Å². The highest BCUT2D eigenvalue weighted by molar-refractivity contribution is 7.88. The van der Waals surface area contributed by atoms with Crippen LogP contribution in [0.25, 0.3) is 0 Å². The Balaban J connectivity index is 0.953. The molecule has 4 aliphatic heterocycles. The molecule has 346 valence electrons. The molecule has 2 fully saturated rings. The summed E-state index contributed by atoms with van der Waals surface area (Å²) in [5, 5.41) is 20.9. The molecular formula is C44H52F6N8O5S. The Morgan fingerprint density at radius 3 is 2.05 bits per heavy atom. The molecule has 1 unspecified atom stereocenters. The van der Waals surface area contributed by atoms with Gasteiger partial charge >= 0.3 is 12.4 Å². The van der Waals surface area contributed by atoms with Gasteiger partial charge in [0.15, 0.2) is 11.9 Å².